The molecule has 0 aliphatic carbocycles. The number of alkyl halides is 1. The van der Waals surface area contributed by atoms with Crippen molar-refractivity contribution in [3.05, 3.63) is 34.3 Å². The van der Waals surface area contributed by atoms with E-state index >= 15 is 0 Å². The minimum absolute atomic E-state index is 0.0428. The Morgan fingerprint density at radius 2 is 2.20 bits per heavy atom. The number of carbonyl (C=O) groups is 1. The highest BCUT2D eigenvalue weighted by Gasteiger charge is 2.12. The number of hydrogen-bond acceptors (Lipinski definition) is 1. The summed E-state index contributed by atoms with van der Waals surface area (Å²) in [5.74, 6) is 4.86. The first-order valence-corrected chi connectivity index (χ1v) is 5.14. The van der Waals surface area contributed by atoms with Crippen molar-refractivity contribution in [3.63, 3.8) is 0 Å². The average molecular weight is 243 g/mol. The average Bonchev–Trinajstić information content (AvgIpc) is 2.17. The number of rotatable bonds is 2. The smallest absolute Gasteiger partial charge is 0.338 e. The van der Waals surface area contributed by atoms with Crippen LogP contribution in [0.4, 0.5) is 0 Å². The van der Waals surface area contributed by atoms with Gasteiger partial charge in [0.2, 0.25) is 0 Å². The Bertz CT molecular complexity index is 430. The Morgan fingerprint density at radius 3 is 2.80 bits per heavy atom. The summed E-state index contributed by atoms with van der Waals surface area (Å²) in [5.41, 5.74) is 0.460. The summed E-state index contributed by atoms with van der Waals surface area (Å²) in [7, 11) is 0. The Hall–Kier alpha value is -1.17. The van der Waals surface area contributed by atoms with Crippen LogP contribution in [0.3, 0.4) is 0 Å². The number of carboxylic acids is 1. The minimum Gasteiger partial charge on any atom is -0.478 e. The van der Waals surface area contributed by atoms with Crippen LogP contribution in [-0.4, -0.2) is 17.0 Å². The molecule has 15 heavy (non-hydrogen) atoms. The highest BCUT2D eigenvalue weighted by Crippen LogP contribution is 2.19. The summed E-state index contributed by atoms with van der Waals surface area (Å²) >= 11 is 11.2. The van der Waals surface area contributed by atoms with Crippen LogP contribution >= 0.6 is 23.2 Å². The molecular weight excluding hydrogens is 235 g/mol. The molecule has 0 atom stereocenters. The molecule has 1 N–H and O–H groups in total. The van der Waals surface area contributed by atoms with E-state index < -0.39 is 5.97 Å². The number of benzene rings is 1. The van der Waals surface area contributed by atoms with Gasteiger partial charge in [-0.1, -0.05) is 29.5 Å². The second-order valence-electron chi connectivity index (χ2n) is 2.71. The van der Waals surface area contributed by atoms with Crippen LogP contribution in [-0.2, 0) is 0 Å². The van der Waals surface area contributed by atoms with Crippen molar-refractivity contribution in [2.24, 2.45) is 0 Å². The SMILES string of the molecule is O=C(O)c1c(Cl)cccc1C#CCCCl. The van der Waals surface area contributed by atoms with E-state index in [1.54, 1.807) is 12.1 Å². The summed E-state index contributed by atoms with van der Waals surface area (Å²) < 4.78 is 0. The van der Waals surface area contributed by atoms with Gasteiger partial charge >= 0.3 is 5.97 Å². The van der Waals surface area contributed by atoms with Gasteiger partial charge in [0, 0.05) is 17.9 Å². The van der Waals surface area contributed by atoms with Gasteiger partial charge in [-0.2, -0.15) is 0 Å². The molecule has 0 saturated heterocycles. The lowest BCUT2D eigenvalue weighted by atomic mass is 10.1. The molecule has 0 unspecified atom stereocenters. The highest BCUT2D eigenvalue weighted by atomic mass is 35.5. The molecule has 0 bridgehead atoms. The van der Waals surface area contributed by atoms with Gasteiger partial charge < -0.3 is 5.11 Å². The molecule has 1 aromatic rings. The van der Waals surface area contributed by atoms with Crippen LogP contribution < -0.4 is 0 Å². The lowest BCUT2D eigenvalue weighted by Gasteiger charge is -2.00. The normalized spacial score (nSPS) is 9.20. The van der Waals surface area contributed by atoms with Gasteiger partial charge in [-0.3, -0.25) is 0 Å². The molecule has 0 aromatic heterocycles. The fourth-order valence-corrected chi connectivity index (χ4v) is 1.40. The zero-order chi connectivity index (χ0) is 11.3. The van der Waals surface area contributed by atoms with Gasteiger partial charge in [0.15, 0.2) is 0 Å². The van der Waals surface area contributed by atoms with Gasteiger partial charge in [-0.15, -0.1) is 11.6 Å². The van der Waals surface area contributed by atoms with Crippen LogP contribution in [0.2, 0.25) is 5.02 Å². The van der Waals surface area contributed by atoms with Crippen LogP contribution in [0.25, 0.3) is 0 Å². The summed E-state index contributed by atoms with van der Waals surface area (Å²) in [6.45, 7) is 0. The van der Waals surface area contributed by atoms with E-state index in [0.29, 0.717) is 17.9 Å². The molecular formula is C11H8Cl2O2. The molecule has 0 aliphatic heterocycles. The molecule has 0 radical (unpaired) electrons. The fourth-order valence-electron chi connectivity index (χ4n) is 1.05. The maximum absolute atomic E-state index is 10.9. The van der Waals surface area contributed by atoms with E-state index in [9.17, 15) is 4.79 Å². The van der Waals surface area contributed by atoms with E-state index in [1.165, 1.54) is 6.07 Å². The van der Waals surface area contributed by atoms with Gasteiger partial charge in [0.1, 0.15) is 0 Å². The monoisotopic (exact) mass is 242 g/mol. The number of halogens is 2. The maximum Gasteiger partial charge on any atom is 0.338 e. The zero-order valence-corrected chi connectivity index (χ0v) is 9.27. The van der Waals surface area contributed by atoms with Crippen LogP contribution in [0, 0.1) is 11.8 Å². The quantitative estimate of drug-likeness (QED) is 0.640. The van der Waals surface area contributed by atoms with Crippen LogP contribution in [0.5, 0.6) is 0 Å². The van der Waals surface area contributed by atoms with Crippen LogP contribution in [0.1, 0.15) is 22.3 Å². The standard InChI is InChI=1S/C11H8Cl2O2/c12-7-2-1-4-8-5-3-6-9(13)10(8)11(14)15/h3,5-6H,2,7H2,(H,14,15). The van der Waals surface area contributed by atoms with Crippen molar-refractivity contribution in [1.82, 2.24) is 0 Å². The second-order valence-corrected chi connectivity index (χ2v) is 3.49. The van der Waals surface area contributed by atoms with Crippen molar-refractivity contribution < 1.29 is 9.90 Å². The van der Waals surface area contributed by atoms with Crippen molar-refractivity contribution in [2.75, 3.05) is 5.88 Å². The molecule has 1 rings (SSSR count). The molecule has 2 nitrogen and oxygen atoms in total. The summed E-state index contributed by atoms with van der Waals surface area (Å²) in [6, 6.07) is 4.81. The van der Waals surface area contributed by atoms with Crippen molar-refractivity contribution in [2.45, 2.75) is 6.42 Å². The van der Waals surface area contributed by atoms with Crippen molar-refractivity contribution >= 4 is 29.2 Å². The molecule has 0 aliphatic rings. The topological polar surface area (TPSA) is 37.3 Å². The number of carboxylic acid groups (broad SMARTS) is 1. The third-order valence-electron chi connectivity index (χ3n) is 1.67. The first-order chi connectivity index (χ1) is 7.16. The Balaban J connectivity index is 3.13. The Morgan fingerprint density at radius 1 is 1.47 bits per heavy atom. The third-order valence-corrected chi connectivity index (χ3v) is 2.17. The molecule has 0 saturated carbocycles. The molecule has 78 valence electrons. The molecule has 1 aromatic carbocycles. The second kappa shape index (κ2) is 5.65. The van der Waals surface area contributed by atoms with Crippen molar-refractivity contribution in [1.29, 1.82) is 0 Å². The van der Waals surface area contributed by atoms with Crippen LogP contribution in [0.15, 0.2) is 18.2 Å². The van der Waals surface area contributed by atoms with Gasteiger partial charge in [-0.25, -0.2) is 4.79 Å². The van der Waals surface area contributed by atoms with Gasteiger partial charge in [-0.05, 0) is 12.1 Å². The predicted molar refractivity (Wildman–Crippen MR) is 60.6 cm³/mol. The number of aromatic carboxylic acids is 1. The van der Waals surface area contributed by atoms with Crippen molar-refractivity contribution in [3.8, 4) is 11.8 Å². The summed E-state index contributed by atoms with van der Waals surface area (Å²) in [5, 5.41) is 9.12. The minimum atomic E-state index is -1.07. The lowest BCUT2D eigenvalue weighted by molar-refractivity contribution is 0.0697. The van der Waals surface area contributed by atoms with E-state index in [-0.39, 0.29) is 10.6 Å². The third kappa shape index (κ3) is 3.16. The Labute approximate surface area is 97.8 Å². The first-order valence-electron chi connectivity index (χ1n) is 4.23. The first kappa shape index (κ1) is 11.9. The van der Waals surface area contributed by atoms with Gasteiger partial charge in [0.25, 0.3) is 0 Å². The van der Waals surface area contributed by atoms with E-state index in [0.717, 1.165) is 0 Å². The Kier molecular flexibility index (Phi) is 4.48. The number of hydrogen-bond donors (Lipinski definition) is 1. The lowest BCUT2D eigenvalue weighted by Crippen LogP contribution is -2.00. The summed E-state index contributed by atoms with van der Waals surface area (Å²) in [4.78, 5) is 10.9. The van der Waals surface area contributed by atoms with E-state index in [1.807, 2.05) is 0 Å². The van der Waals surface area contributed by atoms with E-state index in [2.05, 4.69) is 11.8 Å². The highest BCUT2D eigenvalue weighted by molar-refractivity contribution is 6.33. The zero-order valence-electron chi connectivity index (χ0n) is 7.76. The molecule has 0 heterocycles. The fraction of sp³-hybridized carbons (Fsp3) is 0.182. The molecule has 0 amide bonds. The van der Waals surface area contributed by atoms with E-state index in [4.69, 9.17) is 28.3 Å². The maximum atomic E-state index is 10.9. The summed E-state index contributed by atoms with van der Waals surface area (Å²) in [6.07, 6.45) is 0.521. The molecule has 0 spiro atoms. The predicted octanol–water partition coefficient (Wildman–Crippen LogP) is 3.02. The molecule has 4 heteroatoms. The molecule has 0 fully saturated rings. The van der Waals surface area contributed by atoms with Gasteiger partial charge in [0.05, 0.1) is 10.6 Å². The largest absolute Gasteiger partial charge is 0.478 e.